The lowest BCUT2D eigenvalue weighted by molar-refractivity contribution is -0.115. The van der Waals surface area contributed by atoms with E-state index in [0.29, 0.717) is 12.2 Å². The molecule has 0 N–H and O–H groups in total. The summed E-state index contributed by atoms with van der Waals surface area (Å²) in [6.45, 7) is 3.80. The molecule has 0 bridgehead atoms. The summed E-state index contributed by atoms with van der Waals surface area (Å²) in [6.07, 6.45) is 0.370. The van der Waals surface area contributed by atoms with Gasteiger partial charge in [0.25, 0.3) is 0 Å². The molecule has 1 nitrogen and oxygen atoms in total. The van der Waals surface area contributed by atoms with Crippen LogP contribution in [0.25, 0.3) is 0 Å². The van der Waals surface area contributed by atoms with Gasteiger partial charge in [0.15, 0.2) is 5.78 Å². The minimum Gasteiger partial charge on any atom is -0.298 e. The predicted molar refractivity (Wildman–Crippen MR) is 65.0 cm³/mol. The van der Waals surface area contributed by atoms with Crippen molar-refractivity contribution in [3.63, 3.8) is 0 Å². The van der Waals surface area contributed by atoms with Crippen molar-refractivity contribution in [1.29, 1.82) is 0 Å². The molecule has 0 amide bonds. The maximum absolute atomic E-state index is 11.3. The van der Waals surface area contributed by atoms with Gasteiger partial charge in [-0.15, -0.1) is 17.7 Å². The van der Waals surface area contributed by atoms with Gasteiger partial charge in [-0.25, -0.2) is 0 Å². The SMILES string of the molecule is CC#CCC(=O)CSc1cccc(C)c1. The van der Waals surface area contributed by atoms with E-state index in [1.54, 1.807) is 18.7 Å². The van der Waals surface area contributed by atoms with Crippen LogP contribution in [-0.2, 0) is 4.79 Å². The molecule has 1 rings (SSSR count). The van der Waals surface area contributed by atoms with Gasteiger partial charge in [-0.3, -0.25) is 4.79 Å². The summed E-state index contributed by atoms with van der Waals surface area (Å²) in [4.78, 5) is 12.5. The van der Waals surface area contributed by atoms with Crippen molar-refractivity contribution in [2.45, 2.75) is 25.2 Å². The van der Waals surface area contributed by atoms with Crippen LogP contribution >= 0.6 is 11.8 Å². The third-order valence-electron chi connectivity index (χ3n) is 1.85. The van der Waals surface area contributed by atoms with Crippen molar-refractivity contribution in [2.75, 3.05) is 5.75 Å². The van der Waals surface area contributed by atoms with E-state index in [1.165, 1.54) is 5.56 Å². The third-order valence-corrected chi connectivity index (χ3v) is 2.91. The molecule has 15 heavy (non-hydrogen) atoms. The second kappa shape index (κ2) is 6.31. The maximum Gasteiger partial charge on any atom is 0.154 e. The highest BCUT2D eigenvalue weighted by Crippen LogP contribution is 2.18. The van der Waals surface area contributed by atoms with Crippen LogP contribution in [0.1, 0.15) is 18.9 Å². The van der Waals surface area contributed by atoms with Crippen molar-refractivity contribution in [3.8, 4) is 11.8 Å². The third kappa shape index (κ3) is 4.71. The summed E-state index contributed by atoms with van der Waals surface area (Å²) in [5, 5.41) is 0. The van der Waals surface area contributed by atoms with Gasteiger partial charge in [0.2, 0.25) is 0 Å². The second-order valence-electron chi connectivity index (χ2n) is 3.25. The standard InChI is InChI=1S/C13H14OS/c1-3-4-7-12(14)10-15-13-8-5-6-11(2)9-13/h5-6,8-9H,7,10H2,1-2H3. The predicted octanol–water partition coefficient (Wildman–Crippen LogP) is 3.07. The Morgan fingerprint density at radius 2 is 2.27 bits per heavy atom. The highest BCUT2D eigenvalue weighted by Gasteiger charge is 2.01. The van der Waals surface area contributed by atoms with Crippen molar-refractivity contribution in [2.24, 2.45) is 0 Å². The number of carbonyl (C=O) groups excluding carboxylic acids is 1. The van der Waals surface area contributed by atoms with Crippen LogP contribution in [0.3, 0.4) is 0 Å². The zero-order chi connectivity index (χ0) is 11.1. The number of aryl methyl sites for hydroxylation is 1. The van der Waals surface area contributed by atoms with Crippen molar-refractivity contribution >= 4 is 17.5 Å². The molecule has 0 atom stereocenters. The molecule has 78 valence electrons. The number of hydrogen-bond donors (Lipinski definition) is 0. The molecule has 0 spiro atoms. The molecule has 0 fully saturated rings. The van der Waals surface area contributed by atoms with E-state index in [1.807, 2.05) is 12.1 Å². The van der Waals surface area contributed by atoms with Gasteiger partial charge in [0.1, 0.15) is 0 Å². The van der Waals surface area contributed by atoms with E-state index >= 15 is 0 Å². The number of thioether (sulfide) groups is 1. The van der Waals surface area contributed by atoms with Gasteiger partial charge in [-0.05, 0) is 26.0 Å². The Kier molecular flexibility index (Phi) is 5.00. The van der Waals surface area contributed by atoms with E-state index in [4.69, 9.17) is 0 Å². The van der Waals surface area contributed by atoms with Crippen LogP contribution in [0.2, 0.25) is 0 Å². The van der Waals surface area contributed by atoms with Gasteiger partial charge in [-0.1, -0.05) is 23.6 Å². The van der Waals surface area contributed by atoms with E-state index in [-0.39, 0.29) is 5.78 Å². The fourth-order valence-corrected chi connectivity index (χ4v) is 1.98. The van der Waals surface area contributed by atoms with Crippen molar-refractivity contribution in [1.82, 2.24) is 0 Å². The molecule has 0 heterocycles. The zero-order valence-electron chi connectivity index (χ0n) is 9.04. The van der Waals surface area contributed by atoms with Crippen LogP contribution in [0.15, 0.2) is 29.2 Å². The first kappa shape index (κ1) is 11.9. The van der Waals surface area contributed by atoms with Crippen LogP contribution in [0.4, 0.5) is 0 Å². The molecule has 0 radical (unpaired) electrons. The Balaban J connectivity index is 2.42. The molecule has 0 aliphatic rings. The number of carbonyl (C=O) groups is 1. The van der Waals surface area contributed by atoms with E-state index in [0.717, 1.165) is 4.90 Å². The summed E-state index contributed by atoms with van der Waals surface area (Å²) in [6, 6.07) is 8.17. The summed E-state index contributed by atoms with van der Waals surface area (Å²) in [5.74, 6) is 6.21. The normalized spacial score (nSPS) is 9.20. The molecule has 0 aromatic heterocycles. The lowest BCUT2D eigenvalue weighted by Crippen LogP contribution is -1.99. The fraction of sp³-hybridized carbons (Fsp3) is 0.308. The summed E-state index contributed by atoms with van der Waals surface area (Å²) in [7, 11) is 0. The molecule has 0 aliphatic carbocycles. The molecular formula is C13H14OS. The smallest absolute Gasteiger partial charge is 0.154 e. The number of Topliss-reactive ketones (excluding diaryl/α,β-unsaturated/α-hetero) is 1. The quantitative estimate of drug-likeness (QED) is 0.570. The first-order chi connectivity index (χ1) is 7.22. The Morgan fingerprint density at radius 3 is 2.93 bits per heavy atom. The van der Waals surface area contributed by atoms with Gasteiger partial charge in [0.05, 0.1) is 12.2 Å². The van der Waals surface area contributed by atoms with E-state index in [9.17, 15) is 4.79 Å². The lowest BCUT2D eigenvalue weighted by atomic mass is 10.2. The fourth-order valence-electron chi connectivity index (χ4n) is 1.11. The lowest BCUT2D eigenvalue weighted by Gasteiger charge is -2.00. The topological polar surface area (TPSA) is 17.1 Å². The number of rotatable bonds is 4. The van der Waals surface area contributed by atoms with Gasteiger partial charge >= 0.3 is 0 Å². The molecule has 0 saturated carbocycles. The second-order valence-corrected chi connectivity index (χ2v) is 4.30. The highest BCUT2D eigenvalue weighted by atomic mass is 32.2. The van der Waals surface area contributed by atoms with Gasteiger partial charge in [0, 0.05) is 4.90 Å². The molecule has 0 saturated heterocycles. The summed E-state index contributed by atoms with van der Waals surface area (Å²) >= 11 is 1.58. The summed E-state index contributed by atoms with van der Waals surface area (Å²) < 4.78 is 0. The molecule has 0 aliphatic heterocycles. The zero-order valence-corrected chi connectivity index (χ0v) is 9.86. The maximum atomic E-state index is 11.3. The van der Waals surface area contributed by atoms with Crippen LogP contribution < -0.4 is 0 Å². The van der Waals surface area contributed by atoms with E-state index < -0.39 is 0 Å². The first-order valence-corrected chi connectivity index (χ1v) is 5.81. The van der Waals surface area contributed by atoms with Crippen LogP contribution in [0, 0.1) is 18.8 Å². The Morgan fingerprint density at radius 1 is 1.47 bits per heavy atom. The highest BCUT2D eigenvalue weighted by molar-refractivity contribution is 8.00. The van der Waals surface area contributed by atoms with Gasteiger partial charge < -0.3 is 0 Å². The first-order valence-electron chi connectivity index (χ1n) is 4.83. The van der Waals surface area contributed by atoms with E-state index in [2.05, 4.69) is 30.9 Å². The molecule has 1 aromatic carbocycles. The van der Waals surface area contributed by atoms with Crippen molar-refractivity contribution in [3.05, 3.63) is 29.8 Å². The minimum absolute atomic E-state index is 0.191. The number of benzene rings is 1. The van der Waals surface area contributed by atoms with Crippen molar-refractivity contribution < 1.29 is 4.79 Å². The average molecular weight is 218 g/mol. The average Bonchev–Trinajstić information content (AvgIpc) is 2.23. The molecular weight excluding hydrogens is 204 g/mol. The molecule has 0 unspecified atom stereocenters. The molecule has 2 heteroatoms. The minimum atomic E-state index is 0.191. The Hall–Kier alpha value is -1.20. The van der Waals surface area contributed by atoms with Crippen LogP contribution in [-0.4, -0.2) is 11.5 Å². The largest absolute Gasteiger partial charge is 0.298 e. The number of hydrogen-bond acceptors (Lipinski definition) is 2. The monoisotopic (exact) mass is 218 g/mol. The molecule has 1 aromatic rings. The summed E-state index contributed by atoms with van der Waals surface area (Å²) in [5.41, 5.74) is 1.22. The Labute approximate surface area is 95.3 Å². The number of ketones is 1. The van der Waals surface area contributed by atoms with Crippen LogP contribution in [0.5, 0.6) is 0 Å². The Bertz CT molecular complexity index is 398. The van der Waals surface area contributed by atoms with Gasteiger partial charge in [-0.2, -0.15) is 0 Å².